The summed E-state index contributed by atoms with van der Waals surface area (Å²) in [5.74, 6) is 1.47. The van der Waals surface area contributed by atoms with Gasteiger partial charge in [-0.25, -0.2) is 0 Å². The van der Waals surface area contributed by atoms with Crippen molar-refractivity contribution < 1.29 is 14.2 Å². The monoisotopic (exact) mass is 329 g/mol. The van der Waals surface area contributed by atoms with Gasteiger partial charge in [-0.05, 0) is 33.6 Å². The summed E-state index contributed by atoms with van der Waals surface area (Å²) in [4.78, 5) is 0. The first kappa shape index (κ1) is 14.6. The molecule has 19 heavy (non-hydrogen) atoms. The second-order valence-corrected chi connectivity index (χ2v) is 6.07. The predicted molar refractivity (Wildman–Crippen MR) is 77.9 cm³/mol. The van der Waals surface area contributed by atoms with E-state index in [4.69, 9.17) is 14.2 Å². The van der Waals surface area contributed by atoms with Crippen LogP contribution in [0.1, 0.15) is 12.5 Å². The predicted octanol–water partition coefficient (Wildman–Crippen LogP) is 2.59. The third-order valence-electron chi connectivity index (χ3n) is 3.28. The number of hydrogen-bond acceptors (Lipinski definition) is 4. The Kier molecular flexibility index (Phi) is 4.71. The standard InChI is InChI=1S/C14H20BrNO3/c1-14(8-19-9-14)7-16-6-10-4-11(15)13(18-3)12(5-10)17-2/h4-5,16H,6-9H2,1-3H3. The summed E-state index contributed by atoms with van der Waals surface area (Å²) in [7, 11) is 3.28. The fourth-order valence-electron chi connectivity index (χ4n) is 2.13. The first-order valence-corrected chi connectivity index (χ1v) is 7.06. The second-order valence-electron chi connectivity index (χ2n) is 5.22. The maximum atomic E-state index is 5.33. The van der Waals surface area contributed by atoms with Gasteiger partial charge >= 0.3 is 0 Å². The van der Waals surface area contributed by atoms with Gasteiger partial charge in [-0.1, -0.05) is 6.92 Å². The quantitative estimate of drug-likeness (QED) is 0.870. The molecule has 0 spiro atoms. The Bertz CT molecular complexity index is 447. The molecule has 1 N–H and O–H groups in total. The van der Waals surface area contributed by atoms with Crippen molar-refractivity contribution in [3.63, 3.8) is 0 Å². The van der Waals surface area contributed by atoms with Crippen LogP contribution in [0.3, 0.4) is 0 Å². The number of ether oxygens (including phenoxy) is 3. The van der Waals surface area contributed by atoms with Crippen molar-refractivity contribution in [2.75, 3.05) is 34.0 Å². The molecule has 1 aromatic rings. The zero-order valence-corrected chi connectivity index (χ0v) is 13.2. The van der Waals surface area contributed by atoms with Gasteiger partial charge in [0.05, 0.1) is 31.9 Å². The molecule has 0 atom stereocenters. The largest absolute Gasteiger partial charge is 0.493 e. The van der Waals surface area contributed by atoms with E-state index in [0.717, 1.165) is 47.8 Å². The minimum absolute atomic E-state index is 0.286. The first-order valence-electron chi connectivity index (χ1n) is 6.27. The molecule has 5 heteroatoms. The number of methoxy groups -OCH3 is 2. The summed E-state index contributed by atoms with van der Waals surface area (Å²) in [6, 6.07) is 4.05. The number of benzene rings is 1. The molecule has 0 saturated carbocycles. The lowest BCUT2D eigenvalue weighted by Gasteiger charge is -2.38. The summed E-state index contributed by atoms with van der Waals surface area (Å²) in [5.41, 5.74) is 1.45. The highest BCUT2D eigenvalue weighted by molar-refractivity contribution is 9.10. The van der Waals surface area contributed by atoms with Gasteiger partial charge in [-0.2, -0.15) is 0 Å². The van der Waals surface area contributed by atoms with Crippen molar-refractivity contribution in [2.24, 2.45) is 5.41 Å². The summed E-state index contributed by atoms with van der Waals surface area (Å²) in [6.45, 7) is 5.67. The van der Waals surface area contributed by atoms with Gasteiger partial charge in [0, 0.05) is 18.5 Å². The van der Waals surface area contributed by atoms with Gasteiger partial charge in [-0.15, -0.1) is 0 Å². The van der Waals surface area contributed by atoms with E-state index in [1.54, 1.807) is 14.2 Å². The van der Waals surface area contributed by atoms with Gasteiger partial charge < -0.3 is 19.5 Å². The molecule has 106 valence electrons. The highest BCUT2D eigenvalue weighted by atomic mass is 79.9. The van der Waals surface area contributed by atoms with Crippen molar-refractivity contribution >= 4 is 15.9 Å². The van der Waals surface area contributed by atoms with Crippen LogP contribution in [0.4, 0.5) is 0 Å². The molecule has 0 unspecified atom stereocenters. The van der Waals surface area contributed by atoms with Crippen LogP contribution in [0.15, 0.2) is 16.6 Å². The van der Waals surface area contributed by atoms with Crippen LogP contribution >= 0.6 is 15.9 Å². The number of nitrogens with one attached hydrogen (secondary N) is 1. The second kappa shape index (κ2) is 6.11. The molecule has 1 saturated heterocycles. The lowest BCUT2D eigenvalue weighted by Crippen LogP contribution is -2.47. The number of rotatable bonds is 6. The van der Waals surface area contributed by atoms with E-state index in [1.165, 1.54) is 0 Å². The van der Waals surface area contributed by atoms with Crippen LogP contribution in [-0.2, 0) is 11.3 Å². The van der Waals surface area contributed by atoms with E-state index in [2.05, 4.69) is 28.2 Å². The maximum Gasteiger partial charge on any atom is 0.174 e. The van der Waals surface area contributed by atoms with Crippen LogP contribution in [0, 0.1) is 5.41 Å². The molecule has 1 fully saturated rings. The van der Waals surface area contributed by atoms with Crippen molar-refractivity contribution in [1.29, 1.82) is 0 Å². The zero-order valence-electron chi connectivity index (χ0n) is 11.6. The minimum Gasteiger partial charge on any atom is -0.493 e. The van der Waals surface area contributed by atoms with Crippen molar-refractivity contribution in [1.82, 2.24) is 5.32 Å². The van der Waals surface area contributed by atoms with Crippen LogP contribution < -0.4 is 14.8 Å². The van der Waals surface area contributed by atoms with Crippen LogP contribution in [0.2, 0.25) is 0 Å². The number of hydrogen-bond donors (Lipinski definition) is 1. The average Bonchev–Trinajstić information content (AvgIpc) is 2.36. The minimum atomic E-state index is 0.286. The van der Waals surface area contributed by atoms with Crippen molar-refractivity contribution in [2.45, 2.75) is 13.5 Å². The first-order chi connectivity index (χ1) is 9.08. The Hall–Kier alpha value is -0.780. The van der Waals surface area contributed by atoms with Gasteiger partial charge in [0.25, 0.3) is 0 Å². The molecule has 0 amide bonds. The van der Waals surface area contributed by atoms with E-state index in [-0.39, 0.29) is 5.41 Å². The Morgan fingerprint density at radius 2 is 2.05 bits per heavy atom. The number of halogens is 1. The fraction of sp³-hybridized carbons (Fsp3) is 0.571. The van der Waals surface area contributed by atoms with Crippen molar-refractivity contribution in [3.05, 3.63) is 22.2 Å². The molecular weight excluding hydrogens is 310 g/mol. The van der Waals surface area contributed by atoms with Crippen LogP contribution in [0.25, 0.3) is 0 Å². The summed E-state index contributed by atoms with van der Waals surface area (Å²) >= 11 is 3.50. The molecule has 0 aliphatic carbocycles. The molecule has 2 rings (SSSR count). The normalized spacial score (nSPS) is 16.8. The molecule has 1 heterocycles. The maximum absolute atomic E-state index is 5.33. The van der Waals surface area contributed by atoms with E-state index < -0.39 is 0 Å². The Labute approximate surface area is 122 Å². The van der Waals surface area contributed by atoms with Crippen LogP contribution in [0.5, 0.6) is 11.5 Å². The summed E-state index contributed by atoms with van der Waals surface area (Å²) in [6.07, 6.45) is 0. The average molecular weight is 330 g/mol. The Morgan fingerprint density at radius 3 is 2.58 bits per heavy atom. The van der Waals surface area contributed by atoms with Gasteiger partial charge in [0.15, 0.2) is 11.5 Å². The van der Waals surface area contributed by atoms with E-state index in [1.807, 2.05) is 12.1 Å². The molecule has 1 aliphatic rings. The summed E-state index contributed by atoms with van der Waals surface area (Å²) < 4.78 is 16.8. The van der Waals surface area contributed by atoms with Crippen molar-refractivity contribution in [3.8, 4) is 11.5 Å². The van der Waals surface area contributed by atoms with E-state index in [0.29, 0.717) is 0 Å². The molecular formula is C14H20BrNO3. The van der Waals surface area contributed by atoms with E-state index in [9.17, 15) is 0 Å². The SMILES string of the molecule is COc1cc(CNCC2(C)COC2)cc(Br)c1OC. The third-order valence-corrected chi connectivity index (χ3v) is 3.86. The lowest BCUT2D eigenvalue weighted by molar-refractivity contribution is -0.0991. The lowest BCUT2D eigenvalue weighted by atomic mass is 9.89. The molecule has 4 nitrogen and oxygen atoms in total. The smallest absolute Gasteiger partial charge is 0.174 e. The Morgan fingerprint density at radius 1 is 1.32 bits per heavy atom. The van der Waals surface area contributed by atoms with E-state index >= 15 is 0 Å². The fourth-order valence-corrected chi connectivity index (χ4v) is 2.79. The zero-order chi connectivity index (χ0) is 13.9. The molecule has 1 aromatic carbocycles. The highest BCUT2D eigenvalue weighted by Gasteiger charge is 2.32. The molecule has 0 aromatic heterocycles. The van der Waals surface area contributed by atoms with Gasteiger partial charge in [0.2, 0.25) is 0 Å². The summed E-state index contributed by atoms with van der Waals surface area (Å²) in [5, 5.41) is 3.46. The van der Waals surface area contributed by atoms with Gasteiger partial charge in [-0.3, -0.25) is 0 Å². The third kappa shape index (κ3) is 3.41. The van der Waals surface area contributed by atoms with Crippen LogP contribution in [-0.4, -0.2) is 34.0 Å². The molecule has 0 bridgehead atoms. The van der Waals surface area contributed by atoms with Gasteiger partial charge in [0.1, 0.15) is 0 Å². The molecule has 1 aliphatic heterocycles. The molecule has 0 radical (unpaired) electrons. The topological polar surface area (TPSA) is 39.7 Å². The highest BCUT2D eigenvalue weighted by Crippen LogP contribution is 2.36. The Balaban J connectivity index is 1.98.